The van der Waals surface area contributed by atoms with Gasteiger partial charge < -0.3 is 14.2 Å². The summed E-state index contributed by atoms with van der Waals surface area (Å²) < 4.78 is 15.9. The van der Waals surface area contributed by atoms with Gasteiger partial charge in [-0.15, -0.1) is 0 Å². The van der Waals surface area contributed by atoms with E-state index in [1.54, 1.807) is 18.2 Å². The molecule has 0 aromatic heterocycles. The van der Waals surface area contributed by atoms with Gasteiger partial charge in [-0.2, -0.15) is 0 Å². The first kappa shape index (κ1) is 10.5. The zero-order valence-corrected chi connectivity index (χ0v) is 9.10. The van der Waals surface area contributed by atoms with Crippen LogP contribution in [0.3, 0.4) is 0 Å². The summed E-state index contributed by atoms with van der Waals surface area (Å²) in [6.45, 7) is 4.05. The van der Waals surface area contributed by atoms with E-state index in [0.29, 0.717) is 17.8 Å². The van der Waals surface area contributed by atoms with Crippen molar-refractivity contribution in [2.24, 2.45) is 0 Å². The summed E-state index contributed by atoms with van der Waals surface area (Å²) in [5.41, 5.74) is 0.700. The van der Waals surface area contributed by atoms with Crippen molar-refractivity contribution in [2.45, 2.75) is 20.1 Å². The summed E-state index contributed by atoms with van der Waals surface area (Å²) in [5.74, 6) is 1.93. The summed E-state index contributed by atoms with van der Waals surface area (Å²) in [5, 5.41) is 0. The van der Waals surface area contributed by atoms with Crippen LogP contribution in [0.15, 0.2) is 35.8 Å². The summed E-state index contributed by atoms with van der Waals surface area (Å²) in [6, 6.07) is 7.11. The zero-order chi connectivity index (χ0) is 11.5. The first-order valence-corrected chi connectivity index (χ1v) is 4.92. The van der Waals surface area contributed by atoms with Crippen LogP contribution in [0.25, 0.3) is 0 Å². The highest BCUT2D eigenvalue weighted by Gasteiger charge is 2.26. The van der Waals surface area contributed by atoms with Crippen molar-refractivity contribution in [3.05, 3.63) is 41.3 Å². The Morgan fingerprint density at radius 1 is 1.19 bits per heavy atom. The topological polar surface area (TPSA) is 44.8 Å². The second-order valence-electron chi connectivity index (χ2n) is 3.43. The van der Waals surface area contributed by atoms with Crippen molar-refractivity contribution < 1.29 is 19.0 Å². The number of carbonyl (C=O) groups excluding carboxylic acids is 1. The van der Waals surface area contributed by atoms with Gasteiger partial charge in [0.1, 0.15) is 17.3 Å². The van der Waals surface area contributed by atoms with Crippen LogP contribution in [0, 0.1) is 0 Å². The number of carbonyl (C=O) groups is 1. The van der Waals surface area contributed by atoms with Gasteiger partial charge in [-0.3, -0.25) is 4.79 Å². The van der Waals surface area contributed by atoms with E-state index in [1.807, 2.05) is 19.9 Å². The number of allylic oxidation sites excluding steroid dienone is 2. The minimum absolute atomic E-state index is 0.390. The number of hydrogen-bond donors (Lipinski definition) is 0. The van der Waals surface area contributed by atoms with Gasteiger partial charge in [0.2, 0.25) is 0 Å². The Balaban J connectivity index is 2.25. The van der Waals surface area contributed by atoms with E-state index in [4.69, 9.17) is 14.2 Å². The molecule has 2 rings (SSSR count). The zero-order valence-electron chi connectivity index (χ0n) is 9.10. The lowest BCUT2D eigenvalue weighted by Gasteiger charge is -2.14. The lowest BCUT2D eigenvalue weighted by atomic mass is 10.2. The second kappa shape index (κ2) is 4.26. The third-order valence-corrected chi connectivity index (χ3v) is 2.41. The Morgan fingerprint density at radius 3 is 2.44 bits per heavy atom. The average Bonchev–Trinajstić information content (AvgIpc) is 2.60. The minimum atomic E-state index is -0.531. The predicted molar refractivity (Wildman–Crippen MR) is 56.4 cm³/mol. The molecular weight excluding hydrogens is 208 g/mol. The fraction of sp³-hybridized carbons (Fsp3) is 0.250. The maximum atomic E-state index is 10.4. The summed E-state index contributed by atoms with van der Waals surface area (Å²) >= 11 is 0. The van der Waals surface area contributed by atoms with Crippen LogP contribution in [-0.4, -0.2) is 6.47 Å². The van der Waals surface area contributed by atoms with E-state index in [0.717, 1.165) is 11.5 Å². The molecular formula is C12H12O4. The molecule has 16 heavy (non-hydrogen) atoms. The Labute approximate surface area is 93.4 Å². The smallest absolute Gasteiger partial charge is 0.298 e. The third kappa shape index (κ3) is 1.86. The van der Waals surface area contributed by atoms with Crippen molar-refractivity contribution in [2.75, 3.05) is 0 Å². The van der Waals surface area contributed by atoms with E-state index in [9.17, 15) is 4.79 Å². The molecule has 0 saturated heterocycles. The molecule has 1 aromatic carbocycles. The standard InChI is InChI=1S/C12H12O4/c1-8-9(2)16-12(15-8)10-5-3-4-6-11(10)14-7-13/h3-7,12H,1-2H3. The third-order valence-electron chi connectivity index (χ3n) is 2.41. The van der Waals surface area contributed by atoms with Crippen molar-refractivity contribution in [3.8, 4) is 5.75 Å². The van der Waals surface area contributed by atoms with Crippen LogP contribution in [0.5, 0.6) is 5.75 Å². The fourth-order valence-corrected chi connectivity index (χ4v) is 1.47. The predicted octanol–water partition coefficient (Wildman–Crippen LogP) is 2.52. The van der Waals surface area contributed by atoms with Gasteiger partial charge in [0, 0.05) is 0 Å². The average molecular weight is 220 g/mol. The molecule has 1 aliphatic heterocycles. The molecule has 4 nitrogen and oxygen atoms in total. The molecule has 0 amide bonds. The minimum Gasteiger partial charge on any atom is -0.452 e. The molecule has 0 N–H and O–H groups in total. The molecule has 1 aromatic rings. The van der Waals surface area contributed by atoms with E-state index >= 15 is 0 Å². The Bertz CT molecular complexity index is 422. The normalized spacial score (nSPS) is 15.6. The van der Waals surface area contributed by atoms with Gasteiger partial charge >= 0.3 is 0 Å². The van der Waals surface area contributed by atoms with Gasteiger partial charge in [-0.05, 0) is 26.0 Å². The van der Waals surface area contributed by atoms with Crippen LogP contribution < -0.4 is 4.74 Å². The van der Waals surface area contributed by atoms with Crippen molar-refractivity contribution >= 4 is 6.47 Å². The molecule has 0 atom stereocenters. The molecule has 0 radical (unpaired) electrons. The molecule has 0 spiro atoms. The first-order chi connectivity index (χ1) is 7.72. The first-order valence-electron chi connectivity index (χ1n) is 4.92. The number of hydrogen-bond acceptors (Lipinski definition) is 4. The molecule has 1 aliphatic rings. The van der Waals surface area contributed by atoms with Crippen LogP contribution >= 0.6 is 0 Å². The van der Waals surface area contributed by atoms with Crippen molar-refractivity contribution in [3.63, 3.8) is 0 Å². The fourth-order valence-electron chi connectivity index (χ4n) is 1.47. The Hall–Kier alpha value is -1.97. The summed E-state index contributed by atoms with van der Waals surface area (Å²) in [7, 11) is 0. The molecule has 0 bridgehead atoms. The van der Waals surface area contributed by atoms with Gasteiger partial charge in [-0.25, -0.2) is 0 Å². The lowest BCUT2D eigenvalue weighted by molar-refractivity contribution is -0.121. The molecule has 1 heterocycles. The highest BCUT2D eigenvalue weighted by Crippen LogP contribution is 2.36. The highest BCUT2D eigenvalue weighted by molar-refractivity contribution is 5.48. The SMILES string of the molecule is CC1=C(C)OC(c2ccccc2OC=O)O1. The van der Waals surface area contributed by atoms with E-state index in [2.05, 4.69) is 0 Å². The van der Waals surface area contributed by atoms with Gasteiger partial charge in [-0.1, -0.05) is 12.1 Å². The van der Waals surface area contributed by atoms with Crippen molar-refractivity contribution in [1.82, 2.24) is 0 Å². The number of para-hydroxylation sites is 1. The van der Waals surface area contributed by atoms with Crippen LogP contribution in [0.1, 0.15) is 25.7 Å². The molecule has 0 unspecified atom stereocenters. The van der Waals surface area contributed by atoms with E-state index in [-0.39, 0.29) is 0 Å². The van der Waals surface area contributed by atoms with E-state index < -0.39 is 6.29 Å². The Kier molecular flexibility index (Phi) is 2.81. The summed E-state index contributed by atoms with van der Waals surface area (Å²) in [4.78, 5) is 10.4. The molecule has 84 valence electrons. The maximum absolute atomic E-state index is 10.4. The summed E-state index contributed by atoms with van der Waals surface area (Å²) in [6.07, 6.45) is -0.531. The maximum Gasteiger partial charge on any atom is 0.298 e. The Morgan fingerprint density at radius 2 is 1.81 bits per heavy atom. The van der Waals surface area contributed by atoms with Crippen LogP contribution in [0.4, 0.5) is 0 Å². The quantitative estimate of drug-likeness (QED) is 0.734. The van der Waals surface area contributed by atoms with Gasteiger partial charge in [0.05, 0.1) is 5.56 Å². The highest BCUT2D eigenvalue weighted by atomic mass is 16.7. The molecule has 4 heteroatoms. The lowest BCUT2D eigenvalue weighted by Crippen LogP contribution is -2.03. The number of benzene rings is 1. The second-order valence-corrected chi connectivity index (χ2v) is 3.43. The van der Waals surface area contributed by atoms with Gasteiger partial charge in [0.15, 0.2) is 0 Å². The van der Waals surface area contributed by atoms with Crippen LogP contribution in [-0.2, 0) is 14.3 Å². The van der Waals surface area contributed by atoms with Gasteiger partial charge in [0.25, 0.3) is 12.8 Å². The number of rotatable bonds is 3. The molecule has 0 aliphatic carbocycles. The van der Waals surface area contributed by atoms with E-state index in [1.165, 1.54) is 0 Å². The van der Waals surface area contributed by atoms with Crippen LogP contribution in [0.2, 0.25) is 0 Å². The monoisotopic (exact) mass is 220 g/mol. The largest absolute Gasteiger partial charge is 0.452 e. The van der Waals surface area contributed by atoms with Crippen molar-refractivity contribution in [1.29, 1.82) is 0 Å². The molecule has 0 fully saturated rings. The number of ether oxygens (including phenoxy) is 3. The molecule has 0 saturated carbocycles.